The monoisotopic (exact) mass is 494 g/mol. The summed E-state index contributed by atoms with van der Waals surface area (Å²) >= 11 is 0. The standard InChI is InChI=1S/C31H58O4/c1-6-7-20-23-28(27(2)32)26-29(33)24-21-18-16-14-12-10-8-9-11-13-15-17-19-22-25-30(34)35-31(3,4)5/h28H,6-26H2,1-5H3/t28-/m1/s1. The third-order valence-corrected chi connectivity index (χ3v) is 6.71. The van der Waals surface area contributed by atoms with Crippen LogP contribution in [0.5, 0.6) is 0 Å². The molecule has 0 radical (unpaired) electrons. The molecule has 4 heteroatoms. The number of carbonyl (C=O) groups is 3. The van der Waals surface area contributed by atoms with Gasteiger partial charge in [0, 0.05) is 25.2 Å². The van der Waals surface area contributed by atoms with Crippen molar-refractivity contribution in [2.75, 3.05) is 0 Å². The minimum absolute atomic E-state index is 0.0433. The number of rotatable bonds is 24. The van der Waals surface area contributed by atoms with Gasteiger partial charge in [0.25, 0.3) is 0 Å². The maximum absolute atomic E-state index is 12.2. The Morgan fingerprint density at radius 2 is 1.06 bits per heavy atom. The second-order valence-corrected chi connectivity index (χ2v) is 11.6. The molecule has 0 saturated heterocycles. The lowest BCUT2D eigenvalue weighted by molar-refractivity contribution is -0.154. The summed E-state index contributed by atoms with van der Waals surface area (Å²) in [5.41, 5.74) is -0.368. The molecule has 0 aromatic rings. The summed E-state index contributed by atoms with van der Waals surface area (Å²) in [5.74, 6) is 0.356. The smallest absolute Gasteiger partial charge is 0.306 e. The minimum Gasteiger partial charge on any atom is -0.460 e. The average molecular weight is 495 g/mol. The molecule has 35 heavy (non-hydrogen) atoms. The van der Waals surface area contributed by atoms with E-state index in [4.69, 9.17) is 4.74 Å². The topological polar surface area (TPSA) is 60.4 Å². The Labute approximate surface area is 217 Å². The molecular weight excluding hydrogens is 436 g/mol. The molecular formula is C31H58O4. The molecule has 0 aromatic carbocycles. The van der Waals surface area contributed by atoms with Crippen molar-refractivity contribution in [2.45, 2.75) is 175 Å². The Bertz CT molecular complexity index is 547. The molecule has 0 spiro atoms. The zero-order chi connectivity index (χ0) is 26.4. The van der Waals surface area contributed by atoms with E-state index in [1.807, 2.05) is 20.8 Å². The Morgan fingerprint density at radius 3 is 1.46 bits per heavy atom. The Hall–Kier alpha value is -1.19. The Balaban J connectivity index is 3.43. The highest BCUT2D eigenvalue weighted by atomic mass is 16.6. The summed E-state index contributed by atoms with van der Waals surface area (Å²) in [6.45, 7) is 9.55. The highest BCUT2D eigenvalue weighted by Crippen LogP contribution is 2.18. The number of ether oxygens (including phenoxy) is 1. The molecule has 0 unspecified atom stereocenters. The van der Waals surface area contributed by atoms with Gasteiger partial charge in [-0.15, -0.1) is 0 Å². The van der Waals surface area contributed by atoms with E-state index >= 15 is 0 Å². The van der Waals surface area contributed by atoms with Crippen LogP contribution in [0.25, 0.3) is 0 Å². The molecule has 0 aliphatic heterocycles. The molecule has 0 fully saturated rings. The van der Waals surface area contributed by atoms with E-state index in [9.17, 15) is 14.4 Å². The van der Waals surface area contributed by atoms with Crippen molar-refractivity contribution >= 4 is 17.5 Å². The molecule has 0 aliphatic carbocycles. The lowest BCUT2D eigenvalue weighted by Crippen LogP contribution is -2.23. The number of ketones is 2. The second-order valence-electron chi connectivity index (χ2n) is 11.6. The number of hydrogen-bond acceptors (Lipinski definition) is 4. The van der Waals surface area contributed by atoms with Crippen molar-refractivity contribution in [1.82, 2.24) is 0 Å². The van der Waals surface area contributed by atoms with Gasteiger partial charge in [-0.1, -0.05) is 103 Å². The van der Waals surface area contributed by atoms with Crippen LogP contribution in [0.1, 0.15) is 169 Å². The molecule has 0 N–H and O–H groups in total. The molecule has 0 amide bonds. The minimum atomic E-state index is -0.368. The fourth-order valence-electron chi connectivity index (χ4n) is 4.57. The number of carbonyl (C=O) groups excluding carboxylic acids is 3. The molecule has 206 valence electrons. The van der Waals surface area contributed by atoms with Gasteiger partial charge in [-0.3, -0.25) is 14.4 Å². The van der Waals surface area contributed by atoms with E-state index in [0.29, 0.717) is 19.3 Å². The van der Waals surface area contributed by atoms with Gasteiger partial charge in [-0.2, -0.15) is 0 Å². The largest absolute Gasteiger partial charge is 0.460 e. The van der Waals surface area contributed by atoms with Gasteiger partial charge in [0.05, 0.1) is 0 Å². The lowest BCUT2D eigenvalue weighted by Gasteiger charge is -2.19. The van der Waals surface area contributed by atoms with Crippen LogP contribution in [-0.4, -0.2) is 23.1 Å². The van der Waals surface area contributed by atoms with Gasteiger partial charge in [-0.25, -0.2) is 0 Å². The van der Waals surface area contributed by atoms with E-state index in [0.717, 1.165) is 51.4 Å². The quantitative estimate of drug-likeness (QED) is 0.0990. The maximum atomic E-state index is 12.2. The number of unbranched alkanes of at least 4 members (excludes halogenated alkanes) is 15. The first-order valence-corrected chi connectivity index (χ1v) is 14.9. The second kappa shape index (κ2) is 22.0. The molecule has 0 heterocycles. The van der Waals surface area contributed by atoms with Crippen molar-refractivity contribution in [3.8, 4) is 0 Å². The van der Waals surface area contributed by atoms with Crippen LogP contribution >= 0.6 is 0 Å². The summed E-state index contributed by atoms with van der Waals surface area (Å²) in [7, 11) is 0. The molecule has 0 rings (SSSR count). The van der Waals surface area contributed by atoms with Gasteiger partial charge in [0.15, 0.2) is 0 Å². The van der Waals surface area contributed by atoms with Crippen molar-refractivity contribution in [3.05, 3.63) is 0 Å². The van der Waals surface area contributed by atoms with Gasteiger partial charge >= 0.3 is 5.97 Å². The first kappa shape index (κ1) is 33.8. The molecule has 0 aromatic heterocycles. The normalized spacial score (nSPS) is 12.5. The molecule has 0 aliphatic rings. The van der Waals surface area contributed by atoms with Crippen LogP contribution < -0.4 is 0 Å². The highest BCUT2D eigenvalue weighted by molar-refractivity contribution is 5.86. The zero-order valence-electron chi connectivity index (χ0n) is 24.1. The SMILES string of the molecule is CCCCC[C@H](CC(=O)CCCCCCCCCCCCCCCCC(=O)OC(C)(C)C)C(C)=O. The van der Waals surface area contributed by atoms with E-state index in [2.05, 4.69) is 6.92 Å². The molecule has 0 saturated carbocycles. The summed E-state index contributed by atoms with van der Waals surface area (Å²) < 4.78 is 5.34. The molecule has 0 bridgehead atoms. The molecule has 4 nitrogen and oxygen atoms in total. The highest BCUT2D eigenvalue weighted by Gasteiger charge is 2.18. The van der Waals surface area contributed by atoms with Crippen LogP contribution in [0.4, 0.5) is 0 Å². The zero-order valence-corrected chi connectivity index (χ0v) is 24.1. The lowest BCUT2D eigenvalue weighted by atomic mass is 9.91. The van der Waals surface area contributed by atoms with E-state index in [1.165, 1.54) is 64.2 Å². The van der Waals surface area contributed by atoms with Crippen molar-refractivity contribution in [1.29, 1.82) is 0 Å². The predicted molar refractivity (Wildman–Crippen MR) is 148 cm³/mol. The number of Topliss-reactive ketones (excluding diaryl/α,β-unsaturated/α-hetero) is 2. The van der Waals surface area contributed by atoms with Crippen molar-refractivity contribution in [3.63, 3.8) is 0 Å². The van der Waals surface area contributed by atoms with Crippen LogP contribution in [0.15, 0.2) is 0 Å². The van der Waals surface area contributed by atoms with Crippen LogP contribution in [0.3, 0.4) is 0 Å². The van der Waals surface area contributed by atoms with Crippen LogP contribution in [-0.2, 0) is 19.1 Å². The predicted octanol–water partition coefficient (Wildman–Crippen LogP) is 9.31. The Morgan fingerprint density at radius 1 is 0.629 bits per heavy atom. The van der Waals surface area contributed by atoms with Gasteiger partial charge in [0.2, 0.25) is 0 Å². The van der Waals surface area contributed by atoms with Crippen LogP contribution in [0.2, 0.25) is 0 Å². The van der Waals surface area contributed by atoms with Gasteiger partial charge < -0.3 is 4.74 Å². The van der Waals surface area contributed by atoms with E-state index in [-0.39, 0.29) is 29.1 Å². The van der Waals surface area contributed by atoms with E-state index < -0.39 is 0 Å². The fraction of sp³-hybridized carbons (Fsp3) is 0.903. The van der Waals surface area contributed by atoms with Gasteiger partial charge in [-0.05, 0) is 47.0 Å². The fourth-order valence-corrected chi connectivity index (χ4v) is 4.57. The first-order valence-electron chi connectivity index (χ1n) is 14.9. The van der Waals surface area contributed by atoms with Crippen LogP contribution in [0, 0.1) is 5.92 Å². The summed E-state index contributed by atoms with van der Waals surface area (Å²) in [4.78, 5) is 35.7. The summed E-state index contributed by atoms with van der Waals surface area (Å²) in [6.07, 6.45) is 23.0. The first-order chi connectivity index (χ1) is 16.7. The van der Waals surface area contributed by atoms with Gasteiger partial charge in [0.1, 0.15) is 17.2 Å². The van der Waals surface area contributed by atoms with E-state index in [1.54, 1.807) is 6.92 Å². The third kappa shape index (κ3) is 24.3. The Kier molecular flexibility index (Phi) is 21.3. The molecule has 1 atom stereocenters. The average Bonchev–Trinajstić information content (AvgIpc) is 2.76. The number of esters is 1. The summed E-state index contributed by atoms with van der Waals surface area (Å²) in [6, 6.07) is 0. The summed E-state index contributed by atoms with van der Waals surface area (Å²) in [5, 5.41) is 0. The van der Waals surface area contributed by atoms with Crippen molar-refractivity contribution in [2.24, 2.45) is 5.92 Å². The maximum Gasteiger partial charge on any atom is 0.306 e. The third-order valence-electron chi connectivity index (χ3n) is 6.71. The number of hydrogen-bond donors (Lipinski definition) is 0. The van der Waals surface area contributed by atoms with Crippen molar-refractivity contribution < 1.29 is 19.1 Å².